The minimum atomic E-state index is -0.682. The van der Waals surface area contributed by atoms with Gasteiger partial charge in [0.2, 0.25) is 0 Å². The first-order valence-corrected chi connectivity index (χ1v) is 11.1. The van der Waals surface area contributed by atoms with Crippen molar-refractivity contribution in [3.63, 3.8) is 0 Å². The number of hydrogen-bond donors (Lipinski definition) is 2. The van der Waals surface area contributed by atoms with Crippen LogP contribution in [-0.2, 0) is 19.1 Å². The molecule has 0 spiro atoms. The topological polar surface area (TPSA) is 114 Å². The third-order valence-electron chi connectivity index (χ3n) is 6.08. The maximum Gasteiger partial charge on any atom is 0.336 e. The van der Waals surface area contributed by atoms with Crippen LogP contribution in [0.2, 0.25) is 0 Å². The van der Waals surface area contributed by atoms with E-state index in [0.29, 0.717) is 59.9 Å². The largest absolute Gasteiger partial charge is 0.463 e. The van der Waals surface area contributed by atoms with Gasteiger partial charge in [0.1, 0.15) is 0 Å². The molecule has 7 nitrogen and oxygen atoms in total. The summed E-state index contributed by atoms with van der Waals surface area (Å²) >= 11 is 0. The predicted octanol–water partition coefficient (Wildman–Crippen LogP) is 2.93. The fraction of sp³-hybridized carbons (Fsp3) is 0.480. The van der Waals surface area contributed by atoms with Crippen LogP contribution in [0.1, 0.15) is 50.7 Å². The zero-order valence-corrected chi connectivity index (χ0v) is 18.9. The fourth-order valence-electron chi connectivity index (χ4n) is 4.44. The molecule has 1 aromatic carbocycles. The van der Waals surface area contributed by atoms with Crippen molar-refractivity contribution in [1.82, 2.24) is 5.32 Å². The van der Waals surface area contributed by atoms with Gasteiger partial charge < -0.3 is 20.5 Å². The number of dihydropyridines is 1. The molecule has 7 heteroatoms. The lowest BCUT2D eigenvalue weighted by Gasteiger charge is -2.38. The maximum absolute atomic E-state index is 13.4. The molecule has 170 valence electrons. The first-order valence-electron chi connectivity index (χ1n) is 11.1. The maximum atomic E-state index is 13.4. The van der Waals surface area contributed by atoms with Crippen LogP contribution in [0.4, 0.5) is 0 Å². The van der Waals surface area contributed by atoms with Crippen molar-refractivity contribution in [1.29, 1.82) is 5.26 Å². The van der Waals surface area contributed by atoms with Crippen LogP contribution in [-0.4, -0.2) is 38.1 Å². The van der Waals surface area contributed by atoms with E-state index >= 15 is 0 Å². The number of hydrogen-bond acceptors (Lipinski definition) is 7. The molecular weight excluding hydrogens is 406 g/mol. The van der Waals surface area contributed by atoms with Crippen molar-refractivity contribution >= 4 is 11.8 Å². The van der Waals surface area contributed by atoms with Gasteiger partial charge in [-0.3, -0.25) is 4.79 Å². The lowest BCUT2D eigenvalue weighted by atomic mass is 9.70. The van der Waals surface area contributed by atoms with Crippen molar-refractivity contribution in [2.75, 3.05) is 26.4 Å². The number of nitriles is 1. The number of allylic oxidation sites excluding steroid dienone is 2. The van der Waals surface area contributed by atoms with Gasteiger partial charge in [-0.25, -0.2) is 4.79 Å². The molecule has 2 unspecified atom stereocenters. The normalized spacial score (nSPS) is 20.7. The number of nitrogens with one attached hydrogen (secondary N) is 1. The number of Topliss-reactive ketones (excluding diaryl/α,β-unsaturated/α-hetero) is 1. The van der Waals surface area contributed by atoms with E-state index in [1.54, 1.807) is 25.1 Å². The Morgan fingerprint density at radius 2 is 2.06 bits per heavy atom. The minimum absolute atomic E-state index is 0.00100. The van der Waals surface area contributed by atoms with Crippen LogP contribution in [0.5, 0.6) is 0 Å². The Morgan fingerprint density at radius 1 is 1.31 bits per heavy atom. The van der Waals surface area contributed by atoms with Crippen LogP contribution in [0.25, 0.3) is 0 Å². The van der Waals surface area contributed by atoms with E-state index in [1.807, 2.05) is 6.07 Å². The Labute approximate surface area is 189 Å². The Bertz CT molecular complexity index is 987. The number of esters is 1. The summed E-state index contributed by atoms with van der Waals surface area (Å²) in [4.78, 5) is 26.6. The summed E-state index contributed by atoms with van der Waals surface area (Å²) in [6.45, 7) is 6.97. The van der Waals surface area contributed by atoms with Crippen molar-refractivity contribution in [2.24, 2.45) is 17.6 Å². The van der Waals surface area contributed by atoms with Gasteiger partial charge in [0.05, 0.1) is 42.7 Å². The molecule has 1 aliphatic carbocycles. The van der Waals surface area contributed by atoms with Crippen LogP contribution in [0, 0.1) is 23.2 Å². The predicted molar refractivity (Wildman–Crippen MR) is 120 cm³/mol. The van der Waals surface area contributed by atoms with Crippen molar-refractivity contribution < 1.29 is 19.1 Å². The summed E-state index contributed by atoms with van der Waals surface area (Å²) in [7, 11) is 0. The summed E-state index contributed by atoms with van der Waals surface area (Å²) < 4.78 is 11.1. The first kappa shape index (κ1) is 23.7. The fourth-order valence-corrected chi connectivity index (χ4v) is 4.44. The number of rotatable bonds is 8. The monoisotopic (exact) mass is 437 g/mol. The molecule has 2 aliphatic rings. The van der Waals surface area contributed by atoms with Crippen LogP contribution in [0.15, 0.2) is 46.8 Å². The molecular formula is C25H31N3O4. The van der Waals surface area contributed by atoms with Gasteiger partial charge in [0.25, 0.3) is 0 Å². The number of benzene rings is 1. The average Bonchev–Trinajstić information content (AvgIpc) is 2.78. The highest BCUT2D eigenvalue weighted by molar-refractivity contribution is 6.04. The minimum Gasteiger partial charge on any atom is -0.463 e. The second-order valence-electron chi connectivity index (χ2n) is 8.44. The van der Waals surface area contributed by atoms with Crippen molar-refractivity contribution in [3.05, 3.63) is 57.9 Å². The van der Waals surface area contributed by atoms with Gasteiger partial charge in [-0.1, -0.05) is 32.0 Å². The SMILES string of the molecule is CCOC(=O)C1=C(COCCN)NC2=C(C(=O)CC(C(C)C)C2)C1c1ccccc1C#N. The smallest absolute Gasteiger partial charge is 0.336 e. The molecule has 1 heterocycles. The highest BCUT2D eigenvalue weighted by Crippen LogP contribution is 2.45. The van der Waals surface area contributed by atoms with Crippen LogP contribution < -0.4 is 11.1 Å². The molecule has 2 atom stereocenters. The Balaban J connectivity index is 2.21. The summed E-state index contributed by atoms with van der Waals surface area (Å²) in [5.74, 6) is -0.658. The molecule has 0 fully saturated rings. The number of nitrogens with two attached hydrogens (primary N) is 1. The quantitative estimate of drug-likeness (QED) is 0.475. The van der Waals surface area contributed by atoms with Crippen molar-refractivity contribution in [2.45, 2.75) is 39.5 Å². The summed E-state index contributed by atoms with van der Waals surface area (Å²) in [6, 6.07) is 9.31. The standard InChI is InChI=1S/C25H31N3O4/c1-4-32-25(30)24-20(14-31-10-9-26)28-19-11-17(15(2)3)12-21(29)23(19)22(24)18-8-6-5-7-16(18)13-27/h5-8,15,17,22,28H,4,9-12,14,26H2,1-3H3. The Hall–Kier alpha value is -2.95. The molecule has 0 bridgehead atoms. The molecule has 1 aliphatic heterocycles. The lowest BCUT2D eigenvalue weighted by Crippen LogP contribution is -2.39. The van der Waals surface area contributed by atoms with Gasteiger partial charge in [0.15, 0.2) is 5.78 Å². The van der Waals surface area contributed by atoms with Gasteiger partial charge in [-0.2, -0.15) is 5.26 Å². The second kappa shape index (κ2) is 10.6. The highest BCUT2D eigenvalue weighted by atomic mass is 16.5. The average molecular weight is 438 g/mol. The molecule has 0 amide bonds. The van der Waals surface area contributed by atoms with E-state index in [9.17, 15) is 14.9 Å². The third-order valence-corrected chi connectivity index (χ3v) is 6.08. The van der Waals surface area contributed by atoms with Crippen molar-refractivity contribution in [3.8, 4) is 6.07 Å². The Morgan fingerprint density at radius 3 is 2.72 bits per heavy atom. The molecule has 0 radical (unpaired) electrons. The number of ketones is 1. The number of nitrogens with zero attached hydrogens (tertiary/aromatic N) is 1. The summed E-state index contributed by atoms with van der Waals surface area (Å²) in [5, 5.41) is 13.1. The second-order valence-corrected chi connectivity index (χ2v) is 8.44. The molecule has 0 saturated heterocycles. The molecule has 32 heavy (non-hydrogen) atoms. The molecule has 1 aromatic rings. The van der Waals surface area contributed by atoms with Crippen LogP contribution >= 0.6 is 0 Å². The molecule has 0 saturated carbocycles. The van der Waals surface area contributed by atoms with Gasteiger partial charge in [-0.15, -0.1) is 0 Å². The lowest BCUT2D eigenvalue weighted by molar-refractivity contribution is -0.139. The van der Waals surface area contributed by atoms with Gasteiger partial charge >= 0.3 is 5.97 Å². The van der Waals surface area contributed by atoms with E-state index in [1.165, 1.54) is 0 Å². The highest BCUT2D eigenvalue weighted by Gasteiger charge is 2.43. The van der Waals surface area contributed by atoms with E-state index < -0.39 is 11.9 Å². The summed E-state index contributed by atoms with van der Waals surface area (Å²) in [5.41, 5.74) is 8.86. The number of carbonyl (C=O) groups is 2. The van der Waals surface area contributed by atoms with E-state index in [4.69, 9.17) is 15.2 Å². The Kier molecular flexibility index (Phi) is 7.84. The molecule has 3 N–H and O–H groups in total. The zero-order valence-electron chi connectivity index (χ0n) is 18.9. The molecule has 0 aromatic heterocycles. The summed E-state index contributed by atoms with van der Waals surface area (Å²) in [6.07, 6.45) is 1.11. The van der Waals surface area contributed by atoms with Gasteiger partial charge in [0, 0.05) is 30.2 Å². The van der Waals surface area contributed by atoms with E-state index in [-0.39, 0.29) is 24.9 Å². The number of carbonyl (C=O) groups excluding carboxylic acids is 2. The molecule has 3 rings (SSSR count). The first-order chi connectivity index (χ1) is 15.4. The third kappa shape index (κ3) is 4.77. The zero-order chi connectivity index (χ0) is 23.3. The van der Waals surface area contributed by atoms with Gasteiger partial charge in [-0.05, 0) is 36.8 Å². The van der Waals surface area contributed by atoms with E-state index in [0.717, 1.165) is 5.70 Å². The number of ether oxygens (including phenoxy) is 2. The van der Waals surface area contributed by atoms with E-state index in [2.05, 4.69) is 25.2 Å². The van der Waals surface area contributed by atoms with Crippen LogP contribution in [0.3, 0.4) is 0 Å².